The van der Waals surface area contributed by atoms with Gasteiger partial charge in [-0.3, -0.25) is 9.36 Å². The summed E-state index contributed by atoms with van der Waals surface area (Å²) in [5.41, 5.74) is 2.60. The van der Waals surface area contributed by atoms with Crippen LogP contribution >= 0.6 is 0 Å². The minimum absolute atomic E-state index is 0.0307. The van der Waals surface area contributed by atoms with Gasteiger partial charge in [-0.2, -0.15) is 4.68 Å². The van der Waals surface area contributed by atoms with Gasteiger partial charge in [-0.15, -0.1) is 5.10 Å². The van der Waals surface area contributed by atoms with E-state index in [4.69, 9.17) is 14.5 Å². The van der Waals surface area contributed by atoms with E-state index < -0.39 is 0 Å². The fourth-order valence-corrected chi connectivity index (χ4v) is 3.66. The molecule has 1 aromatic carbocycles. The first-order valence-corrected chi connectivity index (χ1v) is 9.68. The van der Waals surface area contributed by atoms with E-state index in [0.29, 0.717) is 40.9 Å². The van der Waals surface area contributed by atoms with Crippen molar-refractivity contribution in [1.82, 2.24) is 24.2 Å². The van der Waals surface area contributed by atoms with E-state index in [0.717, 1.165) is 25.0 Å². The smallest absolute Gasteiger partial charge is 0.265 e. The van der Waals surface area contributed by atoms with Crippen molar-refractivity contribution in [3.05, 3.63) is 40.9 Å². The normalized spacial score (nSPS) is 17.2. The number of para-hydroxylation sites is 2. The second-order valence-electron chi connectivity index (χ2n) is 6.91. The number of ether oxygens (including phenoxy) is 2. The van der Waals surface area contributed by atoms with Gasteiger partial charge in [0.2, 0.25) is 0 Å². The molecule has 4 aromatic rings. The third-order valence-corrected chi connectivity index (χ3v) is 5.04. The summed E-state index contributed by atoms with van der Waals surface area (Å²) >= 11 is 0. The molecule has 0 bridgehead atoms. The fourth-order valence-electron chi connectivity index (χ4n) is 3.66. The topological polar surface area (TPSA) is 96.4 Å². The molecule has 0 aliphatic carbocycles. The Balaban J connectivity index is 1.77. The van der Waals surface area contributed by atoms with Crippen molar-refractivity contribution >= 4 is 39.6 Å². The van der Waals surface area contributed by atoms with Crippen molar-refractivity contribution < 1.29 is 9.47 Å². The highest BCUT2D eigenvalue weighted by molar-refractivity contribution is 6.04. The molecule has 1 fully saturated rings. The van der Waals surface area contributed by atoms with Crippen molar-refractivity contribution in [3.63, 3.8) is 0 Å². The van der Waals surface area contributed by atoms with Crippen molar-refractivity contribution in [1.29, 1.82) is 0 Å². The van der Waals surface area contributed by atoms with Crippen LogP contribution in [0.1, 0.15) is 19.8 Å². The van der Waals surface area contributed by atoms with Gasteiger partial charge in [0.05, 0.1) is 30.3 Å². The van der Waals surface area contributed by atoms with Crippen molar-refractivity contribution in [2.45, 2.75) is 32.4 Å². The van der Waals surface area contributed by atoms with Crippen LogP contribution in [0.15, 0.2) is 40.5 Å². The number of rotatable bonds is 5. The monoisotopic (exact) mass is 392 g/mol. The maximum atomic E-state index is 13.3. The zero-order valence-corrected chi connectivity index (χ0v) is 16.0. The zero-order chi connectivity index (χ0) is 19.8. The molecule has 0 N–H and O–H groups in total. The summed E-state index contributed by atoms with van der Waals surface area (Å²) in [4.78, 5) is 27.2. The molecule has 1 aliphatic rings. The second-order valence-corrected chi connectivity index (χ2v) is 6.91. The lowest BCUT2D eigenvalue weighted by Crippen LogP contribution is -2.26. The van der Waals surface area contributed by atoms with Crippen LogP contribution in [0, 0.1) is 0 Å². The first kappa shape index (κ1) is 17.7. The Labute approximate surface area is 165 Å². The average Bonchev–Trinajstić information content (AvgIpc) is 3.35. The predicted molar refractivity (Wildman–Crippen MR) is 109 cm³/mol. The lowest BCUT2D eigenvalue weighted by atomic mass is 10.2. The number of nitrogens with zero attached hydrogens (tertiary/aromatic N) is 6. The van der Waals surface area contributed by atoms with Crippen molar-refractivity contribution in [2.75, 3.05) is 13.2 Å². The highest BCUT2D eigenvalue weighted by Crippen LogP contribution is 2.25. The van der Waals surface area contributed by atoms with Crippen molar-refractivity contribution in [2.24, 2.45) is 5.10 Å². The van der Waals surface area contributed by atoms with E-state index in [1.165, 1.54) is 17.4 Å². The van der Waals surface area contributed by atoms with Crippen LogP contribution in [0.25, 0.3) is 33.2 Å². The maximum Gasteiger partial charge on any atom is 0.265 e. The minimum Gasteiger partial charge on any atom is -0.482 e. The Kier molecular flexibility index (Phi) is 4.44. The summed E-state index contributed by atoms with van der Waals surface area (Å²) < 4.78 is 14.0. The summed E-state index contributed by atoms with van der Waals surface area (Å²) in [7, 11) is 0. The Bertz CT molecular complexity index is 1290. The van der Waals surface area contributed by atoms with Crippen LogP contribution in [0.3, 0.4) is 0 Å². The van der Waals surface area contributed by atoms with Gasteiger partial charge in [0.1, 0.15) is 17.2 Å². The Morgan fingerprint density at radius 3 is 2.86 bits per heavy atom. The molecular formula is C20H20N6O3. The summed E-state index contributed by atoms with van der Waals surface area (Å²) in [6, 6.07) is 7.53. The molecule has 0 saturated carbocycles. The molecule has 0 radical (unpaired) electrons. The van der Waals surface area contributed by atoms with Crippen LogP contribution in [0.4, 0.5) is 0 Å². The second kappa shape index (κ2) is 7.25. The third kappa shape index (κ3) is 3.03. The van der Waals surface area contributed by atoms with Gasteiger partial charge >= 0.3 is 0 Å². The molecule has 3 aromatic heterocycles. The molecule has 9 heteroatoms. The lowest BCUT2D eigenvalue weighted by Gasteiger charge is -2.11. The van der Waals surface area contributed by atoms with E-state index in [1.807, 2.05) is 31.2 Å². The van der Waals surface area contributed by atoms with E-state index in [1.54, 1.807) is 4.57 Å². The Morgan fingerprint density at radius 2 is 2.10 bits per heavy atom. The van der Waals surface area contributed by atoms with Crippen LogP contribution in [-0.2, 0) is 16.0 Å². The number of hydrogen-bond acceptors (Lipinski definition) is 7. The fraction of sp³-hybridized carbons (Fsp3) is 0.350. The van der Waals surface area contributed by atoms with Gasteiger partial charge in [-0.1, -0.05) is 12.1 Å². The highest BCUT2D eigenvalue weighted by Gasteiger charge is 2.22. The van der Waals surface area contributed by atoms with E-state index in [9.17, 15) is 4.79 Å². The summed E-state index contributed by atoms with van der Waals surface area (Å²) in [5, 5.41) is 4.72. The molecule has 1 saturated heterocycles. The van der Waals surface area contributed by atoms with Gasteiger partial charge < -0.3 is 9.47 Å². The molecule has 0 amide bonds. The summed E-state index contributed by atoms with van der Waals surface area (Å²) in [6.45, 7) is 3.56. The molecule has 1 aliphatic heterocycles. The number of aromatic nitrogens is 5. The largest absolute Gasteiger partial charge is 0.482 e. The molecule has 5 rings (SSSR count). The molecule has 29 heavy (non-hydrogen) atoms. The average molecular weight is 392 g/mol. The van der Waals surface area contributed by atoms with E-state index in [-0.39, 0.29) is 11.7 Å². The molecule has 0 spiro atoms. The van der Waals surface area contributed by atoms with Crippen LogP contribution in [0.2, 0.25) is 0 Å². The lowest BCUT2D eigenvalue weighted by molar-refractivity contribution is 0.0960. The standard InChI is InChI=1S/C20H20N6O3/c1-2-28-12-22-26-18-16(17-19(26)24-15-8-4-3-7-14(15)23-17)20(27)25(11-21-18)10-13-6-5-9-29-13/h3-4,7-8,11-13H,2,5-6,9-10H2,1H3/b22-12-/t13-/m0/s1. The Hall–Kier alpha value is -3.33. The molecule has 148 valence electrons. The quantitative estimate of drug-likeness (QED) is 0.382. The predicted octanol–water partition coefficient (Wildman–Crippen LogP) is 2.30. The molecule has 1 atom stereocenters. The van der Waals surface area contributed by atoms with Gasteiger partial charge in [0, 0.05) is 6.61 Å². The molecule has 9 nitrogen and oxygen atoms in total. The van der Waals surface area contributed by atoms with Gasteiger partial charge in [-0.25, -0.2) is 15.0 Å². The van der Waals surface area contributed by atoms with Crippen molar-refractivity contribution in [3.8, 4) is 0 Å². The van der Waals surface area contributed by atoms with Gasteiger partial charge in [0.25, 0.3) is 5.56 Å². The molecule has 0 unspecified atom stereocenters. The SMILES string of the molecule is CCO/C=N\n1c2nc3ccccc3nc2c2c(=O)n(C[C@@H]3CCCO3)cnc21. The first-order valence-electron chi connectivity index (χ1n) is 9.68. The van der Waals surface area contributed by atoms with Crippen LogP contribution < -0.4 is 5.56 Å². The van der Waals surface area contributed by atoms with Crippen LogP contribution in [-0.4, -0.2) is 49.9 Å². The Morgan fingerprint density at radius 1 is 1.28 bits per heavy atom. The van der Waals surface area contributed by atoms with Gasteiger partial charge in [-0.05, 0) is 31.9 Å². The zero-order valence-electron chi connectivity index (χ0n) is 16.0. The molecule has 4 heterocycles. The highest BCUT2D eigenvalue weighted by atomic mass is 16.5. The number of fused-ring (bicyclic) bond motifs is 4. The van der Waals surface area contributed by atoms with E-state index in [2.05, 4.69) is 15.1 Å². The summed E-state index contributed by atoms with van der Waals surface area (Å²) in [6.07, 6.45) is 4.85. The third-order valence-electron chi connectivity index (χ3n) is 5.04. The van der Waals surface area contributed by atoms with E-state index >= 15 is 0 Å². The first-order chi connectivity index (χ1) is 14.3. The molecular weight excluding hydrogens is 372 g/mol. The summed E-state index contributed by atoms with van der Waals surface area (Å²) in [5.74, 6) is 0. The number of hydrogen-bond donors (Lipinski definition) is 0. The number of benzene rings is 1. The minimum atomic E-state index is -0.176. The maximum absolute atomic E-state index is 13.3. The van der Waals surface area contributed by atoms with Crippen LogP contribution in [0.5, 0.6) is 0 Å². The van der Waals surface area contributed by atoms with Gasteiger partial charge in [0.15, 0.2) is 17.7 Å².